The summed E-state index contributed by atoms with van der Waals surface area (Å²) in [5.74, 6) is -4.92. The van der Waals surface area contributed by atoms with Gasteiger partial charge in [-0.2, -0.15) is 13.2 Å². The summed E-state index contributed by atoms with van der Waals surface area (Å²) in [7, 11) is 0. The van der Waals surface area contributed by atoms with E-state index in [1.54, 1.807) is 0 Å². The summed E-state index contributed by atoms with van der Waals surface area (Å²) in [5.41, 5.74) is -4.60. The van der Waals surface area contributed by atoms with Gasteiger partial charge in [0, 0.05) is 5.75 Å². The van der Waals surface area contributed by atoms with E-state index in [-0.39, 0.29) is 0 Å². The molecule has 16 heavy (non-hydrogen) atoms. The van der Waals surface area contributed by atoms with Gasteiger partial charge in [0.15, 0.2) is 5.76 Å². The third-order valence-electron chi connectivity index (χ3n) is 1.37. The van der Waals surface area contributed by atoms with Crippen LogP contribution < -0.4 is 0 Å². The maximum Gasteiger partial charge on any atom is 0.441 e. The van der Waals surface area contributed by atoms with Crippen LogP contribution in [0.3, 0.4) is 0 Å². The molecule has 0 spiro atoms. The number of alkyl halides is 3. The molecule has 0 radical (unpaired) electrons. The van der Waals surface area contributed by atoms with Gasteiger partial charge in [0.05, 0.1) is 0 Å². The molecule has 0 rings (SSSR count). The van der Waals surface area contributed by atoms with E-state index in [2.05, 4.69) is 0 Å². The maximum absolute atomic E-state index is 11.7. The van der Waals surface area contributed by atoms with Gasteiger partial charge in [-0.25, -0.2) is 0 Å². The lowest BCUT2D eigenvalue weighted by Gasteiger charge is -2.12. The largest absolute Gasteiger partial charge is 0.506 e. The van der Waals surface area contributed by atoms with E-state index in [9.17, 15) is 18.0 Å². The van der Waals surface area contributed by atoms with Gasteiger partial charge in [-0.05, 0) is 11.8 Å². The summed E-state index contributed by atoms with van der Waals surface area (Å²) in [4.78, 5) is 10.6. The Balaban J connectivity index is 4.49. The van der Waals surface area contributed by atoms with Crippen molar-refractivity contribution in [3.05, 3.63) is 11.5 Å². The average molecular weight is 262 g/mol. The molecule has 94 valence electrons. The molecular weight excluding hydrogens is 253 g/mol. The topological polar surface area (TPSA) is 98.0 Å². The molecule has 0 fully saturated rings. The van der Waals surface area contributed by atoms with Crippen LogP contribution in [0.25, 0.3) is 0 Å². The number of ketones is 1. The van der Waals surface area contributed by atoms with Gasteiger partial charge < -0.3 is 20.4 Å². The molecule has 0 aromatic carbocycles. The highest BCUT2D eigenvalue weighted by atomic mass is 32.2. The molecule has 0 saturated heterocycles. The summed E-state index contributed by atoms with van der Waals surface area (Å²) in [6.45, 7) is -1.13. The minimum Gasteiger partial charge on any atom is -0.506 e. The smallest absolute Gasteiger partial charge is 0.441 e. The van der Waals surface area contributed by atoms with Gasteiger partial charge in [0.2, 0.25) is 11.5 Å². The second-order valence-electron chi connectivity index (χ2n) is 2.59. The van der Waals surface area contributed by atoms with Crippen molar-refractivity contribution in [2.24, 2.45) is 0 Å². The molecule has 0 aromatic heterocycles. The fourth-order valence-corrected chi connectivity index (χ4v) is 1.13. The Morgan fingerprint density at radius 1 is 1.31 bits per heavy atom. The zero-order valence-corrected chi connectivity index (χ0v) is 8.55. The van der Waals surface area contributed by atoms with Gasteiger partial charge >= 0.3 is 5.51 Å². The molecule has 4 N–H and O–H groups in total. The van der Waals surface area contributed by atoms with E-state index >= 15 is 0 Å². The zero-order chi connectivity index (χ0) is 12.9. The number of hydrogen-bond donors (Lipinski definition) is 4. The first-order valence-electron chi connectivity index (χ1n) is 3.84. The summed E-state index contributed by atoms with van der Waals surface area (Å²) in [6, 6.07) is 0. The molecule has 0 aromatic rings. The minimum atomic E-state index is -4.60. The summed E-state index contributed by atoms with van der Waals surface area (Å²) < 4.78 is 35.1. The first kappa shape index (κ1) is 15.1. The van der Waals surface area contributed by atoms with Crippen LogP contribution in [0.5, 0.6) is 0 Å². The van der Waals surface area contributed by atoms with Crippen molar-refractivity contribution in [2.75, 3.05) is 12.4 Å². The van der Waals surface area contributed by atoms with Crippen LogP contribution in [0.2, 0.25) is 0 Å². The van der Waals surface area contributed by atoms with Gasteiger partial charge in [-0.3, -0.25) is 4.79 Å². The Morgan fingerprint density at radius 3 is 2.19 bits per heavy atom. The van der Waals surface area contributed by atoms with E-state index in [1.807, 2.05) is 0 Å². The molecule has 0 heterocycles. The van der Waals surface area contributed by atoms with E-state index in [0.717, 1.165) is 0 Å². The Hall–Kier alpha value is -0.930. The second-order valence-corrected chi connectivity index (χ2v) is 3.67. The van der Waals surface area contributed by atoms with Gasteiger partial charge in [0.25, 0.3) is 0 Å². The van der Waals surface area contributed by atoms with Gasteiger partial charge in [-0.15, -0.1) is 0 Å². The Labute approximate surface area is 92.2 Å². The van der Waals surface area contributed by atoms with Crippen molar-refractivity contribution >= 4 is 17.5 Å². The number of halogens is 3. The Kier molecular flexibility index (Phi) is 5.62. The lowest BCUT2D eigenvalue weighted by molar-refractivity contribution is -0.121. The number of carbonyl (C=O) groups is 1. The molecule has 1 unspecified atom stereocenters. The van der Waals surface area contributed by atoms with Crippen LogP contribution >= 0.6 is 11.8 Å². The van der Waals surface area contributed by atoms with Crippen molar-refractivity contribution in [2.45, 2.75) is 11.6 Å². The second kappa shape index (κ2) is 5.97. The van der Waals surface area contributed by atoms with Crippen molar-refractivity contribution in [3.8, 4) is 0 Å². The number of thioether (sulfide) groups is 1. The quantitative estimate of drug-likeness (QED) is 0.425. The van der Waals surface area contributed by atoms with Crippen molar-refractivity contribution in [1.29, 1.82) is 0 Å². The SMILES string of the molecule is O=C(CO)/C(O)=C(\O)C(O)CSC(F)(F)F. The monoisotopic (exact) mass is 262 g/mol. The number of aliphatic hydroxyl groups is 4. The van der Waals surface area contributed by atoms with Crippen LogP contribution in [0.1, 0.15) is 0 Å². The summed E-state index contributed by atoms with van der Waals surface area (Å²) in [6.07, 6.45) is -2.04. The molecule has 0 saturated carbocycles. The average Bonchev–Trinajstić information content (AvgIpc) is 2.21. The predicted molar refractivity (Wildman–Crippen MR) is 48.9 cm³/mol. The van der Waals surface area contributed by atoms with Crippen LogP contribution in [-0.4, -0.2) is 50.2 Å². The Morgan fingerprint density at radius 2 is 1.81 bits per heavy atom. The lowest BCUT2D eigenvalue weighted by atomic mass is 10.2. The van der Waals surface area contributed by atoms with E-state index < -0.39 is 53.0 Å². The molecular formula is C7H9F3O5S. The third-order valence-corrected chi connectivity index (χ3v) is 2.18. The number of rotatable bonds is 5. The van der Waals surface area contributed by atoms with E-state index in [4.69, 9.17) is 20.4 Å². The van der Waals surface area contributed by atoms with Crippen LogP contribution in [0, 0.1) is 0 Å². The third kappa shape index (κ3) is 5.24. The highest BCUT2D eigenvalue weighted by molar-refractivity contribution is 8.00. The van der Waals surface area contributed by atoms with Crippen molar-refractivity contribution < 1.29 is 38.4 Å². The highest BCUT2D eigenvalue weighted by Crippen LogP contribution is 2.31. The molecule has 0 amide bonds. The maximum atomic E-state index is 11.7. The van der Waals surface area contributed by atoms with Crippen LogP contribution in [-0.2, 0) is 4.79 Å². The number of hydrogen-bond acceptors (Lipinski definition) is 6. The summed E-state index contributed by atoms with van der Waals surface area (Å²) >= 11 is -0.622. The molecule has 0 aliphatic heterocycles. The minimum absolute atomic E-state index is 0.622. The molecule has 1 atom stereocenters. The van der Waals surface area contributed by atoms with Crippen LogP contribution in [0.4, 0.5) is 13.2 Å². The van der Waals surface area contributed by atoms with Crippen LogP contribution in [0.15, 0.2) is 11.5 Å². The molecule has 5 nitrogen and oxygen atoms in total. The standard InChI is InChI=1S/C7H9F3O5S/c8-7(9,10)16-2-4(13)6(15)5(14)3(12)1-11/h4,11,13-15H,1-2H2/b6-5+. The first-order chi connectivity index (χ1) is 7.19. The molecule has 0 aliphatic carbocycles. The lowest BCUT2D eigenvalue weighted by Crippen LogP contribution is -2.21. The van der Waals surface area contributed by atoms with Gasteiger partial charge in [-0.1, -0.05) is 0 Å². The number of aliphatic hydroxyl groups excluding tert-OH is 4. The highest BCUT2D eigenvalue weighted by Gasteiger charge is 2.31. The first-order valence-corrected chi connectivity index (χ1v) is 4.82. The fourth-order valence-electron chi connectivity index (χ4n) is 0.628. The van der Waals surface area contributed by atoms with Crippen molar-refractivity contribution in [1.82, 2.24) is 0 Å². The summed E-state index contributed by atoms with van der Waals surface area (Å²) in [5, 5.41) is 35.1. The van der Waals surface area contributed by atoms with E-state index in [1.165, 1.54) is 0 Å². The number of carbonyl (C=O) groups excluding carboxylic acids is 1. The molecule has 0 bridgehead atoms. The molecule has 9 heteroatoms. The number of Topliss-reactive ketones (excluding diaryl/α,β-unsaturated/α-hetero) is 1. The van der Waals surface area contributed by atoms with Crippen molar-refractivity contribution in [3.63, 3.8) is 0 Å². The zero-order valence-electron chi connectivity index (χ0n) is 7.73. The fraction of sp³-hybridized carbons (Fsp3) is 0.571. The van der Waals surface area contributed by atoms with Gasteiger partial charge in [0.1, 0.15) is 12.7 Å². The van der Waals surface area contributed by atoms with E-state index in [0.29, 0.717) is 0 Å². The normalized spacial score (nSPS) is 15.6. The molecule has 0 aliphatic rings. The Bertz CT molecular complexity index is 288. The predicted octanol–water partition coefficient (Wildman–Crippen LogP) is 0.489.